The Hall–Kier alpha value is -1.58. The molecule has 0 unspecified atom stereocenters. The number of rotatable bonds is 2. The molecule has 0 saturated heterocycles. The van der Waals surface area contributed by atoms with Crippen molar-refractivity contribution < 1.29 is 4.84 Å². The molecule has 1 rings (SSSR count). The zero-order valence-corrected chi connectivity index (χ0v) is 6.19. The Morgan fingerprint density at radius 3 is 2.91 bits per heavy atom. The summed E-state index contributed by atoms with van der Waals surface area (Å²) in [7, 11) is 1.44. The van der Waals surface area contributed by atoms with Gasteiger partial charge in [-0.05, 0) is 18.2 Å². The lowest BCUT2D eigenvalue weighted by atomic mass is 10.3. The van der Waals surface area contributed by atoms with Crippen LogP contribution in [0.5, 0.6) is 0 Å². The molecule has 0 heterocycles. The molecule has 0 bridgehead atoms. The van der Waals surface area contributed by atoms with Gasteiger partial charge < -0.3 is 10.6 Å². The Morgan fingerprint density at radius 1 is 1.45 bits per heavy atom. The average Bonchev–Trinajstić information content (AvgIpc) is 2.01. The molecule has 4 nitrogen and oxygen atoms in total. The number of nitrogens with two attached hydrogens (primary N) is 1. The molecule has 0 fully saturated rings. The predicted molar refractivity (Wildman–Crippen MR) is 42.4 cm³/mol. The highest BCUT2D eigenvalue weighted by Crippen LogP contribution is 2.15. The van der Waals surface area contributed by atoms with E-state index in [0.29, 0.717) is 11.4 Å². The summed E-state index contributed by atoms with van der Waals surface area (Å²) >= 11 is 0. The normalized spacial score (nSPS) is 10.3. The molecule has 4 heteroatoms. The van der Waals surface area contributed by atoms with Gasteiger partial charge in [-0.15, -0.1) is 5.11 Å². The van der Waals surface area contributed by atoms with Gasteiger partial charge in [0.25, 0.3) is 0 Å². The van der Waals surface area contributed by atoms with Crippen LogP contribution in [0.1, 0.15) is 0 Å². The molecule has 0 atom stereocenters. The largest absolute Gasteiger partial charge is 0.399 e. The maximum Gasteiger partial charge on any atom is 0.108 e. The van der Waals surface area contributed by atoms with Crippen LogP contribution in [0, 0.1) is 0 Å². The van der Waals surface area contributed by atoms with Crippen LogP contribution < -0.4 is 5.73 Å². The van der Waals surface area contributed by atoms with E-state index in [1.54, 1.807) is 24.3 Å². The van der Waals surface area contributed by atoms with Gasteiger partial charge in [-0.2, -0.15) is 0 Å². The Bertz CT molecular complexity index is 260. The minimum absolute atomic E-state index is 0.664. The molecule has 0 aromatic heterocycles. The van der Waals surface area contributed by atoms with E-state index >= 15 is 0 Å². The quantitative estimate of drug-likeness (QED) is 0.398. The van der Waals surface area contributed by atoms with E-state index in [1.807, 2.05) is 0 Å². The highest BCUT2D eigenvalue weighted by Gasteiger charge is 1.88. The Morgan fingerprint density at radius 2 is 2.27 bits per heavy atom. The summed E-state index contributed by atoms with van der Waals surface area (Å²) in [6, 6.07) is 7.09. The van der Waals surface area contributed by atoms with Crippen LogP contribution in [0.3, 0.4) is 0 Å². The SMILES string of the molecule is CO/N=N/c1cccc(N)c1. The molecule has 0 saturated carbocycles. The molecule has 1 aromatic carbocycles. The van der Waals surface area contributed by atoms with Crippen molar-refractivity contribution >= 4 is 11.4 Å². The van der Waals surface area contributed by atoms with Crippen molar-refractivity contribution in [3.8, 4) is 0 Å². The lowest BCUT2D eigenvalue weighted by Crippen LogP contribution is -1.81. The minimum Gasteiger partial charge on any atom is -0.399 e. The Labute approximate surface area is 64.7 Å². The molecule has 0 aliphatic carbocycles. The Balaban J connectivity index is 2.79. The first-order chi connectivity index (χ1) is 5.33. The maximum atomic E-state index is 5.49. The first-order valence-electron chi connectivity index (χ1n) is 3.12. The summed E-state index contributed by atoms with van der Waals surface area (Å²) in [5, 5.41) is 7.06. The highest BCUT2D eigenvalue weighted by atomic mass is 16.6. The van der Waals surface area contributed by atoms with Gasteiger partial charge in [0.2, 0.25) is 0 Å². The molecule has 58 valence electrons. The molecule has 0 spiro atoms. The van der Waals surface area contributed by atoms with Crippen LogP contribution in [0.2, 0.25) is 0 Å². The van der Waals surface area contributed by atoms with Gasteiger partial charge in [-0.25, -0.2) is 0 Å². The van der Waals surface area contributed by atoms with E-state index in [4.69, 9.17) is 5.73 Å². The van der Waals surface area contributed by atoms with Gasteiger partial charge in [0, 0.05) is 11.0 Å². The smallest absolute Gasteiger partial charge is 0.108 e. The fraction of sp³-hybridized carbons (Fsp3) is 0.143. The number of benzene rings is 1. The van der Waals surface area contributed by atoms with E-state index in [-0.39, 0.29) is 0 Å². The topological polar surface area (TPSA) is 60.0 Å². The number of nitrogen functional groups attached to an aromatic ring is 1. The van der Waals surface area contributed by atoms with E-state index in [9.17, 15) is 0 Å². The lowest BCUT2D eigenvalue weighted by Gasteiger charge is -1.92. The third kappa shape index (κ3) is 2.25. The van der Waals surface area contributed by atoms with E-state index in [2.05, 4.69) is 15.2 Å². The molecule has 0 aliphatic heterocycles. The average molecular weight is 151 g/mol. The molecule has 1 aromatic rings. The number of anilines is 1. The van der Waals surface area contributed by atoms with Gasteiger partial charge in [0.05, 0.1) is 5.69 Å². The zero-order chi connectivity index (χ0) is 8.10. The summed E-state index contributed by atoms with van der Waals surface area (Å²) in [5.74, 6) is 0. The third-order valence-corrected chi connectivity index (χ3v) is 1.11. The minimum atomic E-state index is 0.664. The van der Waals surface area contributed by atoms with Crippen LogP contribution in [-0.4, -0.2) is 7.11 Å². The third-order valence-electron chi connectivity index (χ3n) is 1.11. The van der Waals surface area contributed by atoms with Gasteiger partial charge in [0.15, 0.2) is 0 Å². The number of nitrogens with zero attached hydrogens (tertiary/aromatic N) is 2. The van der Waals surface area contributed by atoms with Crippen molar-refractivity contribution in [3.05, 3.63) is 24.3 Å². The Kier molecular flexibility index (Phi) is 2.43. The standard InChI is InChI=1S/C7H9N3O/c1-11-10-9-7-4-2-3-6(8)5-7/h2-5H,8H2,1H3/b10-9+. The van der Waals surface area contributed by atoms with Gasteiger partial charge >= 0.3 is 0 Å². The highest BCUT2D eigenvalue weighted by molar-refractivity contribution is 5.49. The van der Waals surface area contributed by atoms with Crippen LogP contribution in [0.15, 0.2) is 34.7 Å². The van der Waals surface area contributed by atoms with Crippen molar-refractivity contribution in [2.45, 2.75) is 0 Å². The van der Waals surface area contributed by atoms with Crippen LogP contribution in [0.25, 0.3) is 0 Å². The maximum absolute atomic E-state index is 5.49. The number of hydrogen-bond acceptors (Lipinski definition) is 4. The number of hydrogen-bond donors (Lipinski definition) is 1. The first-order valence-corrected chi connectivity index (χ1v) is 3.12. The molecule has 0 amide bonds. The molecular formula is C7H9N3O. The van der Waals surface area contributed by atoms with Gasteiger partial charge in [-0.3, -0.25) is 0 Å². The summed E-state index contributed by atoms with van der Waals surface area (Å²) in [5.41, 5.74) is 6.84. The fourth-order valence-electron chi connectivity index (χ4n) is 0.675. The van der Waals surface area contributed by atoms with E-state index in [0.717, 1.165) is 0 Å². The van der Waals surface area contributed by atoms with Crippen molar-refractivity contribution in [3.63, 3.8) is 0 Å². The monoisotopic (exact) mass is 151 g/mol. The van der Waals surface area contributed by atoms with Crippen molar-refractivity contribution in [2.75, 3.05) is 12.8 Å². The van der Waals surface area contributed by atoms with Crippen LogP contribution in [-0.2, 0) is 4.84 Å². The summed E-state index contributed by atoms with van der Waals surface area (Å²) in [4.78, 5) is 4.40. The molecule has 2 N–H and O–H groups in total. The molecule has 0 radical (unpaired) electrons. The predicted octanol–water partition coefficient (Wildman–Crippen LogP) is 1.91. The van der Waals surface area contributed by atoms with E-state index < -0.39 is 0 Å². The van der Waals surface area contributed by atoms with Crippen molar-refractivity contribution in [1.29, 1.82) is 0 Å². The van der Waals surface area contributed by atoms with Crippen LogP contribution in [0.4, 0.5) is 11.4 Å². The van der Waals surface area contributed by atoms with E-state index in [1.165, 1.54) is 7.11 Å². The second kappa shape index (κ2) is 3.55. The zero-order valence-electron chi connectivity index (χ0n) is 6.19. The van der Waals surface area contributed by atoms with Crippen molar-refractivity contribution in [1.82, 2.24) is 0 Å². The van der Waals surface area contributed by atoms with Crippen molar-refractivity contribution in [2.24, 2.45) is 10.4 Å². The summed E-state index contributed by atoms with van der Waals surface area (Å²) < 4.78 is 0. The molecular weight excluding hydrogens is 142 g/mol. The second-order valence-corrected chi connectivity index (χ2v) is 1.96. The lowest BCUT2D eigenvalue weighted by molar-refractivity contribution is 0.190. The summed E-state index contributed by atoms with van der Waals surface area (Å²) in [6.45, 7) is 0. The summed E-state index contributed by atoms with van der Waals surface area (Å²) in [6.07, 6.45) is 0. The van der Waals surface area contributed by atoms with Gasteiger partial charge in [-0.1, -0.05) is 6.07 Å². The molecule has 11 heavy (non-hydrogen) atoms. The second-order valence-electron chi connectivity index (χ2n) is 1.96. The van der Waals surface area contributed by atoms with Crippen LogP contribution >= 0.6 is 0 Å². The molecule has 0 aliphatic rings. The fourth-order valence-corrected chi connectivity index (χ4v) is 0.675. The van der Waals surface area contributed by atoms with Gasteiger partial charge in [0.1, 0.15) is 7.11 Å². The first kappa shape index (κ1) is 7.53.